The van der Waals surface area contributed by atoms with Crippen molar-refractivity contribution in [3.05, 3.63) is 16.0 Å². The van der Waals surface area contributed by atoms with Crippen molar-refractivity contribution in [2.45, 2.75) is 50.7 Å². The molecule has 0 radical (unpaired) electrons. The monoisotopic (exact) mass is 422 g/mol. The number of thiophene rings is 1. The number of hydrogen-bond donors (Lipinski definition) is 2. The Bertz CT molecular complexity index is 940. The predicted molar refractivity (Wildman–Crippen MR) is 106 cm³/mol. The highest BCUT2D eigenvalue weighted by molar-refractivity contribution is 7.99. The van der Waals surface area contributed by atoms with Gasteiger partial charge in [0.05, 0.1) is 31.2 Å². The summed E-state index contributed by atoms with van der Waals surface area (Å²) in [5.41, 5.74) is 5.76. The Labute approximate surface area is 170 Å². The van der Waals surface area contributed by atoms with Gasteiger partial charge >= 0.3 is 5.97 Å². The van der Waals surface area contributed by atoms with Crippen LogP contribution >= 0.6 is 23.1 Å². The van der Waals surface area contributed by atoms with Crippen LogP contribution in [0.5, 0.6) is 0 Å². The summed E-state index contributed by atoms with van der Waals surface area (Å²) >= 11 is 3.08. The van der Waals surface area contributed by atoms with Crippen LogP contribution in [-0.4, -0.2) is 45.4 Å². The minimum absolute atomic E-state index is 0.0171. The van der Waals surface area contributed by atoms with E-state index in [1.807, 2.05) is 9.58 Å². The number of anilines is 1. The highest BCUT2D eigenvalue weighted by Gasteiger charge is 2.43. The van der Waals surface area contributed by atoms with Crippen molar-refractivity contribution in [2.75, 3.05) is 24.0 Å². The van der Waals surface area contributed by atoms with Crippen LogP contribution in [0.1, 0.15) is 42.9 Å². The lowest BCUT2D eigenvalue weighted by molar-refractivity contribution is -0.139. The van der Waals surface area contributed by atoms with Crippen molar-refractivity contribution in [3.8, 4) is 5.00 Å². The number of hydrazine groups is 1. The number of carbonyl (C=O) groups is 1. The minimum Gasteiger partial charge on any atom is -0.465 e. The highest BCUT2D eigenvalue weighted by atomic mass is 32.2. The predicted octanol–water partition coefficient (Wildman–Crippen LogP) is 1.72. The Morgan fingerprint density at radius 3 is 3.14 bits per heavy atom. The van der Waals surface area contributed by atoms with E-state index < -0.39 is 0 Å². The largest absolute Gasteiger partial charge is 0.465 e. The molecule has 1 unspecified atom stereocenters. The van der Waals surface area contributed by atoms with Crippen LogP contribution in [0, 0.1) is 0 Å². The number of esters is 1. The fraction of sp³-hybridized carbons (Fsp3) is 0.588. The second-order valence-electron chi connectivity index (χ2n) is 7.47. The molecule has 0 aromatic carbocycles. The van der Waals surface area contributed by atoms with Gasteiger partial charge in [-0.3, -0.25) is 15.1 Å². The van der Waals surface area contributed by atoms with Crippen LogP contribution in [0.15, 0.2) is 5.16 Å². The summed E-state index contributed by atoms with van der Waals surface area (Å²) in [6, 6.07) is 0. The molecule has 0 bridgehead atoms. The number of hydrogen-bond acceptors (Lipinski definition) is 10. The molecule has 2 aromatic heterocycles. The Morgan fingerprint density at radius 2 is 2.32 bits per heavy atom. The Morgan fingerprint density at radius 1 is 1.46 bits per heavy atom. The van der Waals surface area contributed by atoms with E-state index in [1.54, 1.807) is 18.3 Å². The van der Waals surface area contributed by atoms with Gasteiger partial charge in [-0.15, -0.1) is 21.5 Å². The van der Waals surface area contributed by atoms with Crippen LogP contribution < -0.4 is 15.8 Å². The van der Waals surface area contributed by atoms with Crippen molar-refractivity contribution in [1.29, 1.82) is 0 Å². The summed E-state index contributed by atoms with van der Waals surface area (Å²) in [6.45, 7) is 7.72. The first-order valence-corrected chi connectivity index (χ1v) is 11.1. The summed E-state index contributed by atoms with van der Waals surface area (Å²) in [7, 11) is 0. The molecule has 3 aliphatic heterocycles. The fourth-order valence-electron chi connectivity index (χ4n) is 3.85. The number of rotatable bonds is 4. The average Bonchev–Trinajstić information content (AvgIpc) is 3.34. The van der Waals surface area contributed by atoms with E-state index in [1.165, 1.54) is 27.8 Å². The molecule has 0 aliphatic carbocycles. The lowest BCUT2D eigenvalue weighted by Gasteiger charge is -2.34. The second-order valence-corrected chi connectivity index (χ2v) is 9.50. The van der Waals surface area contributed by atoms with Crippen LogP contribution in [0.25, 0.3) is 5.00 Å². The van der Waals surface area contributed by atoms with Gasteiger partial charge in [-0.25, -0.2) is 9.99 Å². The summed E-state index contributed by atoms with van der Waals surface area (Å²) in [4.78, 5) is 13.1. The van der Waals surface area contributed by atoms with Gasteiger partial charge in [0.1, 0.15) is 11.2 Å². The van der Waals surface area contributed by atoms with Gasteiger partial charge in [0.15, 0.2) is 5.16 Å². The maximum Gasteiger partial charge on any atom is 0.316 e. The van der Waals surface area contributed by atoms with Crippen molar-refractivity contribution in [1.82, 2.24) is 25.5 Å². The van der Waals surface area contributed by atoms with Crippen molar-refractivity contribution < 1.29 is 14.3 Å². The average molecular weight is 423 g/mol. The zero-order valence-electron chi connectivity index (χ0n) is 15.9. The highest BCUT2D eigenvalue weighted by Crippen LogP contribution is 2.48. The van der Waals surface area contributed by atoms with Gasteiger partial charge in [-0.1, -0.05) is 11.8 Å². The molecule has 0 spiro atoms. The zero-order valence-corrected chi connectivity index (χ0v) is 17.6. The molecule has 2 N–H and O–H groups in total. The van der Waals surface area contributed by atoms with Gasteiger partial charge < -0.3 is 9.47 Å². The summed E-state index contributed by atoms with van der Waals surface area (Å²) in [6.07, 6.45) is 0.881. The molecule has 5 heterocycles. The van der Waals surface area contributed by atoms with Gasteiger partial charge in [0.2, 0.25) is 5.95 Å². The first-order valence-electron chi connectivity index (χ1n) is 9.27. The van der Waals surface area contributed by atoms with Gasteiger partial charge in [0, 0.05) is 16.9 Å². The normalized spacial score (nSPS) is 21.7. The Kier molecular flexibility index (Phi) is 4.40. The van der Waals surface area contributed by atoms with E-state index in [-0.39, 0.29) is 23.5 Å². The molecular formula is C17H22N6O3S2. The van der Waals surface area contributed by atoms with Crippen molar-refractivity contribution in [3.63, 3.8) is 0 Å². The van der Waals surface area contributed by atoms with E-state index >= 15 is 0 Å². The Balaban J connectivity index is 1.58. The van der Waals surface area contributed by atoms with Gasteiger partial charge in [-0.2, -0.15) is 0 Å². The lowest BCUT2D eigenvalue weighted by atomic mass is 9.92. The maximum absolute atomic E-state index is 11.8. The van der Waals surface area contributed by atoms with Crippen LogP contribution in [0.4, 0.5) is 5.95 Å². The van der Waals surface area contributed by atoms with E-state index in [0.29, 0.717) is 25.0 Å². The molecule has 11 heteroatoms. The number of carbonyl (C=O) groups excluding carboxylic acids is 1. The SMILES string of the molecule is CCOC(=O)CSc1nnc2n1-c1sc3c(c1C1NCNN21)CC(C)(C)OC3. The number of aromatic nitrogens is 3. The third kappa shape index (κ3) is 2.84. The van der Waals surface area contributed by atoms with Crippen molar-refractivity contribution >= 4 is 35.0 Å². The fourth-order valence-corrected chi connectivity index (χ4v) is 5.90. The Hall–Kier alpha value is -1.66. The van der Waals surface area contributed by atoms with E-state index in [9.17, 15) is 4.79 Å². The third-order valence-electron chi connectivity index (χ3n) is 5.04. The first-order chi connectivity index (χ1) is 13.5. The minimum atomic E-state index is -0.250. The number of nitrogens with zero attached hydrogens (tertiary/aromatic N) is 4. The summed E-state index contributed by atoms with van der Waals surface area (Å²) in [5.74, 6) is 0.686. The smallest absolute Gasteiger partial charge is 0.316 e. The molecular weight excluding hydrogens is 400 g/mol. The van der Waals surface area contributed by atoms with E-state index in [4.69, 9.17) is 9.47 Å². The number of ether oxygens (including phenoxy) is 2. The van der Waals surface area contributed by atoms with Crippen LogP contribution in [-0.2, 0) is 27.3 Å². The quantitative estimate of drug-likeness (QED) is 0.564. The van der Waals surface area contributed by atoms with Gasteiger partial charge in [-0.05, 0) is 26.3 Å². The molecule has 1 atom stereocenters. The third-order valence-corrected chi connectivity index (χ3v) is 7.15. The molecule has 1 fully saturated rings. The molecule has 150 valence electrons. The summed E-state index contributed by atoms with van der Waals surface area (Å²) in [5, 5.41) is 16.1. The number of thioether (sulfide) groups is 1. The molecule has 5 rings (SSSR count). The molecule has 28 heavy (non-hydrogen) atoms. The van der Waals surface area contributed by atoms with Crippen molar-refractivity contribution in [2.24, 2.45) is 0 Å². The standard InChI is InChI=1S/C17H22N6O3S2/c1-4-25-11(24)7-27-16-21-20-15-22(16)14-12(13-18-8-19-23(13)15)9-5-17(2,3)26-6-10(9)28-14/h13,18-19H,4-8H2,1-3H3. The number of nitrogens with one attached hydrogen (secondary N) is 2. The second kappa shape index (κ2) is 6.70. The summed E-state index contributed by atoms with van der Waals surface area (Å²) < 4.78 is 13.1. The molecule has 0 saturated carbocycles. The van der Waals surface area contributed by atoms with Gasteiger partial charge in [0.25, 0.3) is 0 Å². The van der Waals surface area contributed by atoms with E-state index in [0.717, 1.165) is 17.4 Å². The number of fused-ring (bicyclic) bond motifs is 8. The molecule has 2 aromatic rings. The lowest BCUT2D eigenvalue weighted by Crippen LogP contribution is -2.40. The van der Waals surface area contributed by atoms with Crippen LogP contribution in [0.2, 0.25) is 0 Å². The van der Waals surface area contributed by atoms with E-state index in [2.05, 4.69) is 34.8 Å². The zero-order chi connectivity index (χ0) is 19.5. The van der Waals surface area contributed by atoms with Crippen LogP contribution in [0.3, 0.4) is 0 Å². The first kappa shape index (κ1) is 18.4. The maximum atomic E-state index is 11.8. The molecule has 0 amide bonds. The topological polar surface area (TPSA) is 93.5 Å². The molecule has 1 saturated heterocycles. The molecule has 9 nitrogen and oxygen atoms in total. The molecule has 3 aliphatic rings.